The molecule has 0 fully saturated rings. The average Bonchev–Trinajstić information content (AvgIpc) is 2.40. The fourth-order valence-electron chi connectivity index (χ4n) is 2.23. The van der Waals surface area contributed by atoms with Crippen molar-refractivity contribution in [2.45, 2.75) is 12.8 Å². The molecule has 0 aliphatic heterocycles. The van der Waals surface area contributed by atoms with E-state index in [1.807, 2.05) is 30.3 Å². The van der Waals surface area contributed by atoms with Crippen LogP contribution in [0.3, 0.4) is 0 Å². The van der Waals surface area contributed by atoms with Crippen molar-refractivity contribution in [3.63, 3.8) is 0 Å². The summed E-state index contributed by atoms with van der Waals surface area (Å²) in [6.45, 7) is 0. The van der Waals surface area contributed by atoms with Gasteiger partial charge in [0.15, 0.2) is 5.43 Å². The Morgan fingerprint density at radius 3 is 2.67 bits per heavy atom. The highest BCUT2D eigenvalue weighted by Gasteiger charge is 2.14. The predicted octanol–water partition coefficient (Wildman–Crippen LogP) is 3.30. The molecule has 3 heteroatoms. The minimum absolute atomic E-state index is 0.127. The average molecular weight is 241 g/mol. The summed E-state index contributed by atoms with van der Waals surface area (Å²) >= 11 is 0. The van der Waals surface area contributed by atoms with E-state index >= 15 is 0 Å². The molecule has 1 N–H and O–H groups in total. The quantitative estimate of drug-likeness (QED) is 0.816. The maximum Gasteiger partial charge on any atom is 0.189 e. The van der Waals surface area contributed by atoms with Crippen LogP contribution >= 0.6 is 0 Å². The molecule has 90 valence electrons. The molecular weight excluding hydrogens is 229 g/mol. The van der Waals surface area contributed by atoms with E-state index in [2.05, 4.69) is 4.98 Å². The Hall–Kier alpha value is -2.16. The molecule has 0 radical (unpaired) electrons. The lowest BCUT2D eigenvalue weighted by Gasteiger charge is -2.13. The van der Waals surface area contributed by atoms with Gasteiger partial charge in [0.25, 0.3) is 0 Å². The highest BCUT2D eigenvalue weighted by Crippen LogP contribution is 2.23. The summed E-state index contributed by atoms with van der Waals surface area (Å²) in [6.07, 6.45) is 2.25. The van der Waals surface area contributed by atoms with Crippen LogP contribution in [0.15, 0.2) is 47.0 Å². The second-order valence-electron chi connectivity index (χ2n) is 4.40. The number of rotatable bonds is 1. The first-order valence-corrected chi connectivity index (χ1v) is 5.92. The summed E-state index contributed by atoms with van der Waals surface area (Å²) in [5, 5.41) is 0. The number of benzene rings is 1. The largest absolute Gasteiger partial charge is 0.358 e. The summed E-state index contributed by atoms with van der Waals surface area (Å²) in [4.78, 5) is 15.2. The maximum absolute atomic E-state index is 13.2. The number of aryl methyl sites for hydroxylation is 1. The molecule has 2 aromatic rings. The Morgan fingerprint density at radius 2 is 1.89 bits per heavy atom. The lowest BCUT2D eigenvalue weighted by atomic mass is 10.00. The fraction of sp³-hybridized carbons (Fsp3) is 0.133. The van der Waals surface area contributed by atoms with Gasteiger partial charge in [-0.15, -0.1) is 0 Å². The Morgan fingerprint density at radius 1 is 1.11 bits per heavy atom. The lowest BCUT2D eigenvalue weighted by molar-refractivity contribution is 0.587. The third kappa shape index (κ3) is 1.88. The predicted molar refractivity (Wildman–Crippen MR) is 69.9 cm³/mol. The molecule has 1 aliphatic carbocycles. The molecule has 1 heterocycles. The summed E-state index contributed by atoms with van der Waals surface area (Å²) in [5.74, 6) is -0.222. The van der Waals surface area contributed by atoms with Crippen molar-refractivity contribution in [2.75, 3.05) is 0 Å². The van der Waals surface area contributed by atoms with Crippen molar-refractivity contribution in [1.82, 2.24) is 4.98 Å². The zero-order valence-electron chi connectivity index (χ0n) is 9.74. The highest BCUT2D eigenvalue weighted by atomic mass is 19.1. The molecule has 1 aromatic heterocycles. The van der Waals surface area contributed by atoms with Gasteiger partial charge in [0.1, 0.15) is 5.83 Å². The van der Waals surface area contributed by atoms with Crippen molar-refractivity contribution in [3.8, 4) is 11.3 Å². The van der Waals surface area contributed by atoms with Crippen LogP contribution in [0.25, 0.3) is 17.3 Å². The van der Waals surface area contributed by atoms with Gasteiger partial charge in [-0.1, -0.05) is 30.3 Å². The van der Waals surface area contributed by atoms with Crippen LogP contribution in [-0.4, -0.2) is 4.98 Å². The van der Waals surface area contributed by atoms with Crippen LogP contribution in [-0.2, 0) is 6.42 Å². The first kappa shape index (κ1) is 11.0. The van der Waals surface area contributed by atoms with Gasteiger partial charge in [0.05, 0.1) is 0 Å². The van der Waals surface area contributed by atoms with E-state index in [-0.39, 0.29) is 11.3 Å². The monoisotopic (exact) mass is 241 g/mol. The van der Waals surface area contributed by atoms with Crippen molar-refractivity contribution >= 4 is 6.08 Å². The summed E-state index contributed by atoms with van der Waals surface area (Å²) in [6, 6.07) is 11.2. The molecule has 0 bridgehead atoms. The second-order valence-corrected chi connectivity index (χ2v) is 4.40. The molecule has 0 amide bonds. The van der Waals surface area contributed by atoms with Crippen LogP contribution < -0.4 is 5.43 Å². The molecule has 0 spiro atoms. The van der Waals surface area contributed by atoms with Crippen molar-refractivity contribution < 1.29 is 4.39 Å². The van der Waals surface area contributed by atoms with Crippen molar-refractivity contribution in [2.24, 2.45) is 0 Å². The van der Waals surface area contributed by atoms with E-state index in [1.165, 1.54) is 12.1 Å². The van der Waals surface area contributed by atoms with Gasteiger partial charge in [-0.25, -0.2) is 4.39 Å². The first-order chi connectivity index (χ1) is 8.74. The van der Waals surface area contributed by atoms with Crippen LogP contribution in [0.1, 0.15) is 17.7 Å². The smallest absolute Gasteiger partial charge is 0.189 e. The molecule has 0 saturated carbocycles. The van der Waals surface area contributed by atoms with E-state index in [0.717, 1.165) is 17.0 Å². The minimum atomic E-state index is -0.222. The molecular formula is C15H12FNO. The zero-order chi connectivity index (χ0) is 12.5. The third-order valence-corrected chi connectivity index (χ3v) is 3.15. The topological polar surface area (TPSA) is 32.9 Å². The normalized spacial score (nSPS) is 13.9. The highest BCUT2D eigenvalue weighted by molar-refractivity contribution is 5.64. The van der Waals surface area contributed by atoms with Gasteiger partial charge >= 0.3 is 0 Å². The van der Waals surface area contributed by atoms with E-state index in [0.29, 0.717) is 18.4 Å². The molecule has 0 atom stereocenters. The van der Waals surface area contributed by atoms with E-state index in [9.17, 15) is 9.18 Å². The number of aromatic amines is 1. The second kappa shape index (κ2) is 4.26. The van der Waals surface area contributed by atoms with Gasteiger partial charge in [-0.2, -0.15) is 0 Å². The minimum Gasteiger partial charge on any atom is -0.358 e. The van der Waals surface area contributed by atoms with E-state index < -0.39 is 0 Å². The fourth-order valence-corrected chi connectivity index (χ4v) is 2.23. The first-order valence-electron chi connectivity index (χ1n) is 5.92. The lowest BCUT2D eigenvalue weighted by Crippen LogP contribution is -2.14. The number of pyridine rings is 1. The van der Waals surface area contributed by atoms with Crippen LogP contribution in [0.4, 0.5) is 4.39 Å². The summed E-state index contributed by atoms with van der Waals surface area (Å²) in [7, 11) is 0. The number of fused-ring (bicyclic) bond motifs is 1. The summed E-state index contributed by atoms with van der Waals surface area (Å²) in [5.41, 5.74) is 2.90. The molecule has 3 rings (SSSR count). The number of halogens is 1. The van der Waals surface area contributed by atoms with Crippen molar-refractivity contribution in [3.05, 3.63) is 63.7 Å². The van der Waals surface area contributed by atoms with E-state index in [4.69, 9.17) is 0 Å². The Labute approximate surface area is 104 Å². The molecule has 1 aromatic carbocycles. The Balaban J connectivity index is 2.17. The number of hydrogen-bond acceptors (Lipinski definition) is 1. The Kier molecular flexibility index (Phi) is 2.59. The zero-order valence-corrected chi connectivity index (χ0v) is 9.74. The molecule has 0 unspecified atom stereocenters. The number of hydrogen-bond donors (Lipinski definition) is 1. The van der Waals surface area contributed by atoms with Gasteiger partial charge in [0, 0.05) is 29.4 Å². The van der Waals surface area contributed by atoms with Gasteiger partial charge in [0.2, 0.25) is 0 Å². The SMILES string of the molecule is O=c1cc(-c2ccccc2)[nH]c2c1C=C(F)CC2. The number of aromatic nitrogens is 1. The molecule has 2 nitrogen and oxygen atoms in total. The van der Waals surface area contributed by atoms with Crippen LogP contribution in [0, 0.1) is 0 Å². The molecule has 18 heavy (non-hydrogen) atoms. The van der Waals surface area contributed by atoms with Crippen LogP contribution in [0.2, 0.25) is 0 Å². The Bertz CT molecular complexity index is 671. The third-order valence-electron chi connectivity index (χ3n) is 3.15. The van der Waals surface area contributed by atoms with Gasteiger partial charge in [-0.05, 0) is 18.1 Å². The molecule has 1 aliphatic rings. The standard InChI is InChI=1S/C15H12FNO/c16-11-6-7-13-12(8-11)15(18)9-14(17-13)10-4-2-1-3-5-10/h1-5,8-9H,6-7H2,(H,17,18). The number of H-pyrrole nitrogens is 1. The van der Waals surface area contributed by atoms with E-state index in [1.54, 1.807) is 0 Å². The number of nitrogens with one attached hydrogen (secondary N) is 1. The number of allylic oxidation sites excluding steroid dienone is 1. The van der Waals surface area contributed by atoms with Crippen molar-refractivity contribution in [1.29, 1.82) is 0 Å². The van der Waals surface area contributed by atoms with Gasteiger partial charge < -0.3 is 4.98 Å². The maximum atomic E-state index is 13.2. The van der Waals surface area contributed by atoms with Gasteiger partial charge in [-0.3, -0.25) is 4.79 Å². The molecule has 0 saturated heterocycles. The summed E-state index contributed by atoms with van der Waals surface area (Å²) < 4.78 is 13.2. The van der Waals surface area contributed by atoms with Crippen LogP contribution in [0.5, 0.6) is 0 Å².